The summed E-state index contributed by atoms with van der Waals surface area (Å²) in [4.78, 5) is 3.94. The fraction of sp³-hybridized carbons (Fsp3) is 0.286. The summed E-state index contributed by atoms with van der Waals surface area (Å²) in [6.07, 6.45) is 1.60. The summed E-state index contributed by atoms with van der Waals surface area (Å²) in [6.45, 7) is -0.575. The van der Waals surface area contributed by atoms with Crippen molar-refractivity contribution in [3.63, 3.8) is 0 Å². The van der Waals surface area contributed by atoms with E-state index in [0.717, 1.165) is 4.47 Å². The molecule has 1 heterocycles. The number of aromatic nitrogens is 1. The van der Waals surface area contributed by atoms with Crippen LogP contribution < -0.4 is 5.73 Å². The molecule has 1 atom stereocenters. The highest BCUT2D eigenvalue weighted by Gasteiger charge is 2.04. The van der Waals surface area contributed by atoms with Crippen molar-refractivity contribution in [1.82, 2.24) is 4.98 Å². The summed E-state index contributed by atoms with van der Waals surface area (Å²) in [7, 11) is 0. The summed E-state index contributed by atoms with van der Waals surface area (Å²) in [5.41, 5.74) is 5.97. The standard InChI is InChI=1S/C7H8BrFN2/c8-5-1-2-7(11-4-5)6(10)3-9/h1-2,4,6H,3,10H2/t6-/m1/s1. The van der Waals surface area contributed by atoms with Crippen molar-refractivity contribution >= 4 is 15.9 Å². The lowest BCUT2D eigenvalue weighted by atomic mass is 10.2. The number of nitrogens with two attached hydrogens (primary N) is 1. The van der Waals surface area contributed by atoms with Crippen LogP contribution in [0.2, 0.25) is 0 Å². The first-order chi connectivity index (χ1) is 5.24. The van der Waals surface area contributed by atoms with E-state index >= 15 is 0 Å². The van der Waals surface area contributed by atoms with Gasteiger partial charge in [-0.05, 0) is 28.1 Å². The summed E-state index contributed by atoms with van der Waals surface area (Å²) in [5.74, 6) is 0. The molecule has 0 saturated carbocycles. The molecule has 2 N–H and O–H groups in total. The van der Waals surface area contributed by atoms with Gasteiger partial charge in [0, 0.05) is 10.7 Å². The van der Waals surface area contributed by atoms with Crippen LogP contribution in [0, 0.1) is 0 Å². The van der Waals surface area contributed by atoms with Gasteiger partial charge < -0.3 is 5.73 Å². The number of hydrogen-bond acceptors (Lipinski definition) is 2. The van der Waals surface area contributed by atoms with Gasteiger partial charge >= 0.3 is 0 Å². The van der Waals surface area contributed by atoms with Crippen molar-refractivity contribution < 1.29 is 4.39 Å². The van der Waals surface area contributed by atoms with Crippen LogP contribution >= 0.6 is 15.9 Å². The minimum absolute atomic E-state index is 0.575. The van der Waals surface area contributed by atoms with Gasteiger partial charge in [-0.3, -0.25) is 4.98 Å². The molecule has 1 aromatic rings. The molecule has 0 radical (unpaired) electrons. The lowest BCUT2D eigenvalue weighted by Crippen LogP contribution is -2.13. The molecule has 0 fully saturated rings. The van der Waals surface area contributed by atoms with Crippen molar-refractivity contribution in [2.45, 2.75) is 6.04 Å². The van der Waals surface area contributed by atoms with Gasteiger partial charge in [0.1, 0.15) is 6.67 Å². The zero-order valence-corrected chi connectivity index (χ0v) is 7.38. The maximum Gasteiger partial charge on any atom is 0.110 e. The normalized spacial score (nSPS) is 13.0. The third-order valence-electron chi connectivity index (χ3n) is 1.30. The minimum Gasteiger partial charge on any atom is -0.321 e. The molecule has 0 spiro atoms. The van der Waals surface area contributed by atoms with E-state index in [-0.39, 0.29) is 0 Å². The molecular weight excluding hydrogens is 211 g/mol. The number of halogens is 2. The van der Waals surface area contributed by atoms with Gasteiger partial charge in [0.05, 0.1) is 11.7 Å². The van der Waals surface area contributed by atoms with Gasteiger partial charge in [-0.1, -0.05) is 0 Å². The summed E-state index contributed by atoms with van der Waals surface area (Å²) >= 11 is 3.22. The zero-order chi connectivity index (χ0) is 8.27. The van der Waals surface area contributed by atoms with E-state index in [1.54, 1.807) is 18.3 Å². The van der Waals surface area contributed by atoms with Gasteiger partial charge in [0.15, 0.2) is 0 Å². The van der Waals surface area contributed by atoms with Crippen LogP contribution in [-0.4, -0.2) is 11.7 Å². The van der Waals surface area contributed by atoms with Gasteiger partial charge in [-0.2, -0.15) is 0 Å². The lowest BCUT2D eigenvalue weighted by molar-refractivity contribution is 0.432. The topological polar surface area (TPSA) is 38.9 Å². The molecule has 0 bridgehead atoms. The average molecular weight is 219 g/mol. The summed E-state index contributed by atoms with van der Waals surface area (Å²) in [5, 5.41) is 0. The van der Waals surface area contributed by atoms with Gasteiger partial charge in [-0.25, -0.2) is 4.39 Å². The zero-order valence-electron chi connectivity index (χ0n) is 5.80. The van der Waals surface area contributed by atoms with Crippen LogP contribution in [0.3, 0.4) is 0 Å². The van der Waals surface area contributed by atoms with Crippen molar-refractivity contribution in [3.05, 3.63) is 28.5 Å². The third-order valence-corrected chi connectivity index (χ3v) is 1.77. The lowest BCUT2D eigenvalue weighted by Gasteiger charge is -2.04. The van der Waals surface area contributed by atoms with Gasteiger partial charge in [-0.15, -0.1) is 0 Å². The highest BCUT2D eigenvalue weighted by atomic mass is 79.9. The second kappa shape index (κ2) is 3.78. The number of pyridine rings is 1. The molecule has 0 amide bonds. The van der Waals surface area contributed by atoms with E-state index in [0.29, 0.717) is 5.69 Å². The molecule has 0 aromatic carbocycles. The number of alkyl halides is 1. The fourth-order valence-corrected chi connectivity index (χ4v) is 0.920. The van der Waals surface area contributed by atoms with Gasteiger partial charge in [0.2, 0.25) is 0 Å². The molecule has 0 aliphatic carbocycles. The monoisotopic (exact) mass is 218 g/mol. The number of hydrogen-bond donors (Lipinski definition) is 1. The Hall–Kier alpha value is -0.480. The van der Waals surface area contributed by atoms with Crippen molar-refractivity contribution in [2.75, 3.05) is 6.67 Å². The van der Waals surface area contributed by atoms with E-state index in [1.807, 2.05) is 0 Å². The molecule has 1 rings (SSSR count). The highest BCUT2D eigenvalue weighted by molar-refractivity contribution is 9.10. The van der Waals surface area contributed by atoms with E-state index in [4.69, 9.17) is 5.73 Å². The third kappa shape index (κ3) is 2.24. The Morgan fingerprint density at radius 1 is 1.64 bits per heavy atom. The largest absolute Gasteiger partial charge is 0.321 e. The Morgan fingerprint density at radius 2 is 2.36 bits per heavy atom. The van der Waals surface area contributed by atoms with E-state index in [9.17, 15) is 4.39 Å². The predicted octanol–water partition coefficient (Wildman–Crippen LogP) is 1.81. The van der Waals surface area contributed by atoms with E-state index < -0.39 is 12.7 Å². The Morgan fingerprint density at radius 3 is 2.82 bits per heavy atom. The molecule has 0 saturated heterocycles. The second-order valence-electron chi connectivity index (χ2n) is 2.16. The Labute approximate surface area is 72.8 Å². The predicted molar refractivity (Wildman–Crippen MR) is 44.8 cm³/mol. The quantitative estimate of drug-likeness (QED) is 0.823. The molecule has 2 nitrogen and oxygen atoms in total. The molecule has 0 aliphatic heterocycles. The summed E-state index contributed by atoms with van der Waals surface area (Å²) < 4.78 is 12.9. The minimum atomic E-state index is -0.594. The van der Waals surface area contributed by atoms with Crippen molar-refractivity contribution in [2.24, 2.45) is 5.73 Å². The van der Waals surface area contributed by atoms with Crippen molar-refractivity contribution in [1.29, 1.82) is 0 Å². The Bertz CT molecular complexity index is 224. The fourth-order valence-electron chi connectivity index (χ4n) is 0.686. The first-order valence-electron chi connectivity index (χ1n) is 3.17. The molecule has 1 aromatic heterocycles. The second-order valence-corrected chi connectivity index (χ2v) is 3.08. The van der Waals surface area contributed by atoms with Crippen molar-refractivity contribution in [3.8, 4) is 0 Å². The first-order valence-corrected chi connectivity index (χ1v) is 3.96. The van der Waals surface area contributed by atoms with E-state index in [1.165, 1.54) is 0 Å². The molecular formula is C7H8BrFN2. The first kappa shape index (κ1) is 8.62. The average Bonchev–Trinajstić information content (AvgIpc) is 2.05. The SMILES string of the molecule is N[C@H](CF)c1ccc(Br)cn1. The highest BCUT2D eigenvalue weighted by Crippen LogP contribution is 2.11. The van der Waals surface area contributed by atoms with Crippen LogP contribution in [0.15, 0.2) is 22.8 Å². The maximum absolute atomic E-state index is 12.0. The number of rotatable bonds is 2. The van der Waals surface area contributed by atoms with E-state index in [2.05, 4.69) is 20.9 Å². The Balaban J connectivity index is 2.81. The smallest absolute Gasteiger partial charge is 0.110 e. The molecule has 11 heavy (non-hydrogen) atoms. The van der Waals surface area contributed by atoms with Crippen LogP contribution in [0.25, 0.3) is 0 Å². The Kier molecular flexibility index (Phi) is 2.96. The van der Waals surface area contributed by atoms with Crippen LogP contribution in [-0.2, 0) is 0 Å². The molecule has 4 heteroatoms. The molecule has 60 valence electrons. The van der Waals surface area contributed by atoms with Crippen LogP contribution in [0.1, 0.15) is 11.7 Å². The van der Waals surface area contributed by atoms with Crippen LogP contribution in [0.5, 0.6) is 0 Å². The van der Waals surface area contributed by atoms with Crippen LogP contribution in [0.4, 0.5) is 4.39 Å². The summed E-state index contributed by atoms with van der Waals surface area (Å²) in [6, 6.07) is 2.90. The van der Waals surface area contributed by atoms with Gasteiger partial charge in [0.25, 0.3) is 0 Å². The number of nitrogens with zero attached hydrogens (tertiary/aromatic N) is 1. The molecule has 0 aliphatic rings. The maximum atomic E-state index is 12.0. The molecule has 0 unspecified atom stereocenters.